The van der Waals surface area contributed by atoms with Gasteiger partial charge in [-0.25, -0.2) is 14.1 Å². The molecule has 20 heavy (non-hydrogen) atoms. The number of nitrogens with zero attached hydrogens (tertiary/aromatic N) is 1. The third-order valence-electron chi connectivity index (χ3n) is 3.02. The molecule has 0 aromatic heterocycles. The summed E-state index contributed by atoms with van der Waals surface area (Å²) < 4.78 is 13.7. The molecule has 1 unspecified atom stereocenters. The number of amides is 4. The summed E-state index contributed by atoms with van der Waals surface area (Å²) in [5.74, 6) is -3.10. The Balaban J connectivity index is 2.49. The van der Waals surface area contributed by atoms with Crippen molar-refractivity contribution in [3.8, 4) is 0 Å². The lowest BCUT2D eigenvalue weighted by Gasteiger charge is -2.32. The van der Waals surface area contributed by atoms with Gasteiger partial charge in [0.25, 0.3) is 0 Å². The van der Waals surface area contributed by atoms with Gasteiger partial charge in [0, 0.05) is 4.47 Å². The monoisotopic (exact) mass is 342 g/mol. The summed E-state index contributed by atoms with van der Waals surface area (Å²) in [5, 5.41) is 2.12. The van der Waals surface area contributed by atoms with Crippen LogP contribution in [-0.2, 0) is 9.59 Å². The number of hydrogen-bond donors (Lipinski definition) is 1. The van der Waals surface area contributed by atoms with Crippen LogP contribution in [0.5, 0.6) is 0 Å². The third kappa shape index (κ3) is 2.45. The lowest BCUT2D eigenvalue weighted by molar-refractivity contribution is -0.136. The summed E-state index contributed by atoms with van der Waals surface area (Å²) in [7, 11) is 0. The zero-order valence-corrected chi connectivity index (χ0v) is 12.4. The number of anilines is 1. The Kier molecular flexibility index (Phi) is 3.89. The number of hydrogen-bond acceptors (Lipinski definition) is 3. The highest BCUT2D eigenvalue weighted by molar-refractivity contribution is 9.10. The van der Waals surface area contributed by atoms with Crippen LogP contribution < -0.4 is 10.2 Å². The fourth-order valence-electron chi connectivity index (χ4n) is 2.06. The highest BCUT2D eigenvalue weighted by Gasteiger charge is 2.43. The number of carbonyl (C=O) groups excluding carboxylic acids is 3. The van der Waals surface area contributed by atoms with Crippen molar-refractivity contribution in [1.82, 2.24) is 5.32 Å². The van der Waals surface area contributed by atoms with E-state index in [1.54, 1.807) is 13.8 Å². The van der Waals surface area contributed by atoms with Crippen molar-refractivity contribution in [2.75, 3.05) is 4.90 Å². The highest BCUT2D eigenvalue weighted by atomic mass is 79.9. The second-order valence-corrected chi connectivity index (χ2v) is 5.64. The maximum absolute atomic E-state index is 13.3. The van der Waals surface area contributed by atoms with Gasteiger partial charge in [-0.2, -0.15) is 0 Å². The molecule has 0 bridgehead atoms. The minimum Gasteiger partial charge on any atom is -0.277 e. The molecule has 0 spiro atoms. The van der Waals surface area contributed by atoms with Gasteiger partial charge in [-0.1, -0.05) is 13.8 Å². The van der Waals surface area contributed by atoms with E-state index < -0.39 is 29.6 Å². The Bertz CT molecular complexity index is 603. The number of rotatable bonds is 2. The van der Waals surface area contributed by atoms with Crippen molar-refractivity contribution >= 4 is 39.5 Å². The number of nitrogens with one attached hydrogen (secondary N) is 1. The van der Waals surface area contributed by atoms with Gasteiger partial charge in [0.2, 0.25) is 11.8 Å². The van der Waals surface area contributed by atoms with E-state index in [4.69, 9.17) is 0 Å². The zero-order valence-electron chi connectivity index (χ0n) is 10.8. The summed E-state index contributed by atoms with van der Waals surface area (Å²) in [6.45, 7) is 3.41. The Morgan fingerprint density at radius 1 is 1.30 bits per heavy atom. The van der Waals surface area contributed by atoms with E-state index in [9.17, 15) is 18.8 Å². The van der Waals surface area contributed by atoms with Crippen LogP contribution in [0, 0.1) is 17.7 Å². The highest BCUT2D eigenvalue weighted by Crippen LogP contribution is 2.31. The average molecular weight is 343 g/mol. The van der Waals surface area contributed by atoms with Gasteiger partial charge >= 0.3 is 6.03 Å². The molecule has 1 atom stereocenters. The maximum atomic E-state index is 13.3. The van der Waals surface area contributed by atoms with Crippen LogP contribution in [0.1, 0.15) is 13.8 Å². The molecule has 0 radical (unpaired) electrons. The predicted molar refractivity (Wildman–Crippen MR) is 73.5 cm³/mol. The van der Waals surface area contributed by atoms with Gasteiger partial charge in [-0.05, 0) is 40.0 Å². The fourth-order valence-corrected chi connectivity index (χ4v) is 2.49. The molecule has 0 saturated carbocycles. The standard InChI is InChI=1S/C13H12BrFN2O3/c1-6(2)10-11(18)16-13(20)17(12(10)19)9-5-7(15)3-4-8(9)14/h3-6,10H,1-2H3,(H,16,18,20). The smallest absolute Gasteiger partial charge is 0.277 e. The lowest BCUT2D eigenvalue weighted by atomic mass is 9.92. The summed E-state index contributed by atoms with van der Waals surface area (Å²) in [4.78, 5) is 36.7. The Morgan fingerprint density at radius 3 is 2.55 bits per heavy atom. The lowest BCUT2D eigenvalue weighted by Crippen LogP contribution is -2.59. The van der Waals surface area contributed by atoms with Crippen LogP contribution >= 0.6 is 15.9 Å². The maximum Gasteiger partial charge on any atom is 0.335 e. The van der Waals surface area contributed by atoms with Gasteiger partial charge in [0.1, 0.15) is 11.7 Å². The van der Waals surface area contributed by atoms with Gasteiger partial charge in [0.15, 0.2) is 0 Å². The molecule has 7 heteroatoms. The summed E-state index contributed by atoms with van der Waals surface area (Å²) in [5.41, 5.74) is 0.0747. The van der Waals surface area contributed by atoms with Gasteiger partial charge < -0.3 is 0 Å². The normalized spacial score (nSPS) is 19.6. The molecule has 106 valence electrons. The van der Waals surface area contributed by atoms with Gasteiger partial charge in [-0.3, -0.25) is 14.9 Å². The molecule has 5 nitrogen and oxygen atoms in total. The molecular formula is C13H12BrFN2O3. The topological polar surface area (TPSA) is 66.5 Å². The zero-order chi connectivity index (χ0) is 15.0. The first-order valence-corrected chi connectivity index (χ1v) is 6.76. The van der Waals surface area contributed by atoms with E-state index in [1.807, 2.05) is 0 Å². The van der Waals surface area contributed by atoms with Crippen LogP contribution in [0.25, 0.3) is 0 Å². The Hall–Kier alpha value is -1.76. The minimum atomic E-state index is -0.970. The molecule has 1 saturated heterocycles. The number of barbiturate groups is 1. The van der Waals surface area contributed by atoms with E-state index in [0.717, 1.165) is 11.0 Å². The predicted octanol–water partition coefficient (Wildman–Crippen LogP) is 2.44. The Labute approximate surface area is 123 Å². The SMILES string of the molecule is CC(C)C1C(=O)NC(=O)N(c2cc(F)ccc2Br)C1=O. The first-order valence-electron chi connectivity index (χ1n) is 5.96. The molecule has 1 N–H and O–H groups in total. The number of imide groups is 2. The van der Waals surface area contributed by atoms with Crippen LogP contribution in [0.3, 0.4) is 0 Å². The molecule has 1 heterocycles. The van der Waals surface area contributed by atoms with Gasteiger partial charge in [-0.15, -0.1) is 0 Å². The Morgan fingerprint density at radius 2 is 1.95 bits per heavy atom. The number of urea groups is 1. The first-order chi connectivity index (χ1) is 9.32. The van der Waals surface area contributed by atoms with Gasteiger partial charge in [0.05, 0.1) is 5.69 Å². The molecule has 1 aromatic carbocycles. The number of carbonyl (C=O) groups is 3. The van der Waals surface area contributed by atoms with Crippen molar-refractivity contribution in [1.29, 1.82) is 0 Å². The van der Waals surface area contributed by atoms with Crippen LogP contribution in [-0.4, -0.2) is 17.8 Å². The molecule has 2 rings (SSSR count). The van der Waals surface area contributed by atoms with Crippen LogP contribution in [0.15, 0.2) is 22.7 Å². The largest absolute Gasteiger partial charge is 0.335 e. The summed E-state index contributed by atoms with van der Waals surface area (Å²) in [6, 6.07) is 2.79. The second-order valence-electron chi connectivity index (χ2n) is 4.79. The summed E-state index contributed by atoms with van der Waals surface area (Å²) in [6.07, 6.45) is 0. The van der Waals surface area contributed by atoms with Crippen LogP contribution in [0.4, 0.5) is 14.9 Å². The molecule has 1 aliphatic rings. The van der Waals surface area contributed by atoms with Crippen LogP contribution in [0.2, 0.25) is 0 Å². The molecule has 1 aliphatic heterocycles. The molecule has 4 amide bonds. The minimum absolute atomic E-state index is 0.0747. The molecule has 1 aromatic rings. The van der Waals surface area contributed by atoms with Crippen molar-refractivity contribution < 1.29 is 18.8 Å². The van der Waals surface area contributed by atoms with Crippen molar-refractivity contribution in [3.63, 3.8) is 0 Å². The van der Waals surface area contributed by atoms with Crippen molar-refractivity contribution in [3.05, 3.63) is 28.5 Å². The number of halogens is 2. The van der Waals surface area contributed by atoms with E-state index in [1.165, 1.54) is 12.1 Å². The average Bonchev–Trinajstić information content (AvgIpc) is 2.32. The first kappa shape index (κ1) is 14.6. The molecule has 0 aliphatic carbocycles. The molecular weight excluding hydrogens is 331 g/mol. The third-order valence-corrected chi connectivity index (χ3v) is 3.69. The molecule has 1 fully saturated rings. The van der Waals surface area contributed by atoms with E-state index in [0.29, 0.717) is 4.47 Å². The quantitative estimate of drug-likeness (QED) is 0.839. The summed E-state index contributed by atoms with van der Waals surface area (Å²) >= 11 is 3.17. The fraction of sp³-hybridized carbons (Fsp3) is 0.308. The van der Waals surface area contributed by atoms with E-state index in [2.05, 4.69) is 21.2 Å². The van der Waals surface area contributed by atoms with Crippen molar-refractivity contribution in [2.45, 2.75) is 13.8 Å². The number of benzene rings is 1. The van der Waals surface area contributed by atoms with E-state index >= 15 is 0 Å². The van der Waals surface area contributed by atoms with E-state index in [-0.39, 0.29) is 11.6 Å². The van der Waals surface area contributed by atoms with Crippen molar-refractivity contribution in [2.24, 2.45) is 11.8 Å². The second kappa shape index (κ2) is 5.32.